The highest BCUT2D eigenvalue weighted by molar-refractivity contribution is 9.10. The molecule has 0 saturated carbocycles. The zero-order chi connectivity index (χ0) is 22.7. The SMILES string of the molecule is Cc1c([N+](=O)[O-])cc(NC(=O)c2ccn(COc3ccc(Cl)cc3Br)n2)cc1[N+](=O)[O-]. The Bertz CT molecular complexity index is 1160. The van der Waals surface area contributed by atoms with E-state index in [1.165, 1.54) is 23.9 Å². The van der Waals surface area contributed by atoms with Gasteiger partial charge >= 0.3 is 0 Å². The molecule has 0 spiro atoms. The van der Waals surface area contributed by atoms with Crippen molar-refractivity contribution in [2.24, 2.45) is 0 Å². The van der Waals surface area contributed by atoms with Crippen LogP contribution in [-0.2, 0) is 6.73 Å². The fourth-order valence-electron chi connectivity index (χ4n) is 2.61. The zero-order valence-electron chi connectivity index (χ0n) is 15.7. The van der Waals surface area contributed by atoms with Crippen LogP contribution in [0.4, 0.5) is 17.1 Å². The number of amides is 1. The molecule has 11 nitrogen and oxygen atoms in total. The van der Waals surface area contributed by atoms with Gasteiger partial charge in [-0.25, -0.2) is 4.68 Å². The average Bonchev–Trinajstić information content (AvgIpc) is 3.17. The molecule has 0 aliphatic heterocycles. The molecule has 160 valence electrons. The minimum Gasteiger partial charge on any atom is -0.470 e. The first-order valence-corrected chi connectivity index (χ1v) is 9.69. The predicted molar refractivity (Wildman–Crippen MR) is 114 cm³/mol. The molecule has 0 aliphatic carbocycles. The first-order chi connectivity index (χ1) is 14.7. The highest BCUT2D eigenvalue weighted by Gasteiger charge is 2.24. The van der Waals surface area contributed by atoms with Crippen LogP contribution in [0, 0.1) is 27.2 Å². The van der Waals surface area contributed by atoms with Crippen LogP contribution >= 0.6 is 27.5 Å². The quantitative estimate of drug-likeness (QED) is 0.358. The molecular weight excluding hydrogens is 498 g/mol. The number of hydrogen-bond acceptors (Lipinski definition) is 7. The second-order valence-electron chi connectivity index (χ2n) is 6.20. The number of ether oxygens (including phenoxy) is 1. The van der Waals surface area contributed by atoms with Crippen LogP contribution in [-0.4, -0.2) is 25.5 Å². The first-order valence-electron chi connectivity index (χ1n) is 8.52. The van der Waals surface area contributed by atoms with Crippen LogP contribution < -0.4 is 10.1 Å². The summed E-state index contributed by atoms with van der Waals surface area (Å²) in [5.41, 5.74) is -1.16. The molecule has 13 heteroatoms. The number of rotatable bonds is 7. The van der Waals surface area contributed by atoms with Crippen LogP contribution in [0.2, 0.25) is 5.02 Å². The highest BCUT2D eigenvalue weighted by atomic mass is 79.9. The largest absolute Gasteiger partial charge is 0.470 e. The van der Waals surface area contributed by atoms with Gasteiger partial charge in [0.2, 0.25) is 0 Å². The van der Waals surface area contributed by atoms with E-state index in [4.69, 9.17) is 16.3 Å². The number of aromatic nitrogens is 2. The smallest absolute Gasteiger partial charge is 0.281 e. The molecule has 1 aromatic heterocycles. The lowest BCUT2D eigenvalue weighted by Crippen LogP contribution is -2.15. The van der Waals surface area contributed by atoms with E-state index in [0.717, 1.165) is 12.1 Å². The van der Waals surface area contributed by atoms with E-state index < -0.39 is 27.1 Å². The van der Waals surface area contributed by atoms with Gasteiger partial charge in [-0.05, 0) is 47.1 Å². The molecule has 31 heavy (non-hydrogen) atoms. The van der Waals surface area contributed by atoms with Gasteiger partial charge in [0.25, 0.3) is 17.3 Å². The second-order valence-corrected chi connectivity index (χ2v) is 7.49. The Balaban J connectivity index is 1.74. The van der Waals surface area contributed by atoms with Crippen LogP contribution in [0.3, 0.4) is 0 Å². The van der Waals surface area contributed by atoms with Crippen molar-refractivity contribution in [3.8, 4) is 5.75 Å². The summed E-state index contributed by atoms with van der Waals surface area (Å²) < 4.78 is 7.60. The monoisotopic (exact) mass is 509 g/mol. The number of carbonyl (C=O) groups is 1. The molecule has 3 aromatic rings. The standard InChI is InChI=1S/C18H13BrClN5O6/c1-10-15(24(27)28)7-12(8-16(10)25(29)30)21-18(26)14-4-5-23(22-14)9-31-17-3-2-11(20)6-13(17)19/h2-8H,9H2,1H3,(H,21,26). The summed E-state index contributed by atoms with van der Waals surface area (Å²) in [6.07, 6.45) is 1.50. The Hall–Kier alpha value is -3.51. The topological polar surface area (TPSA) is 142 Å². The summed E-state index contributed by atoms with van der Waals surface area (Å²) in [7, 11) is 0. The molecule has 0 atom stereocenters. The summed E-state index contributed by atoms with van der Waals surface area (Å²) in [5, 5.41) is 29.3. The first kappa shape index (κ1) is 22.2. The Kier molecular flexibility index (Phi) is 6.51. The number of halogens is 2. The minimum atomic E-state index is -0.751. The summed E-state index contributed by atoms with van der Waals surface area (Å²) in [6, 6.07) is 8.51. The van der Waals surface area contributed by atoms with E-state index in [2.05, 4.69) is 26.3 Å². The number of nitrogens with zero attached hydrogens (tertiary/aromatic N) is 4. The van der Waals surface area contributed by atoms with Gasteiger partial charge in [0, 0.05) is 23.4 Å². The number of anilines is 1. The number of benzene rings is 2. The van der Waals surface area contributed by atoms with E-state index in [-0.39, 0.29) is 23.7 Å². The number of carbonyl (C=O) groups excluding carboxylic acids is 1. The van der Waals surface area contributed by atoms with Gasteiger partial charge in [0.1, 0.15) is 11.3 Å². The lowest BCUT2D eigenvalue weighted by molar-refractivity contribution is -0.395. The van der Waals surface area contributed by atoms with E-state index in [1.54, 1.807) is 18.2 Å². The average molecular weight is 511 g/mol. The molecule has 1 heterocycles. The molecule has 2 aromatic carbocycles. The zero-order valence-corrected chi connectivity index (χ0v) is 18.1. The van der Waals surface area contributed by atoms with E-state index in [1.807, 2.05) is 0 Å². The van der Waals surface area contributed by atoms with Gasteiger partial charge in [0.05, 0.1) is 20.0 Å². The maximum Gasteiger partial charge on any atom is 0.281 e. The van der Waals surface area contributed by atoms with Crippen LogP contribution in [0.25, 0.3) is 0 Å². The van der Waals surface area contributed by atoms with Crippen LogP contribution in [0.15, 0.2) is 47.1 Å². The molecule has 0 unspecified atom stereocenters. The second kappa shape index (κ2) is 9.10. The van der Waals surface area contributed by atoms with Gasteiger partial charge in [-0.1, -0.05) is 11.6 Å². The number of nitro groups is 2. The number of hydrogen-bond donors (Lipinski definition) is 1. The van der Waals surface area contributed by atoms with E-state index >= 15 is 0 Å². The van der Waals surface area contributed by atoms with Gasteiger partial charge in [-0.2, -0.15) is 5.10 Å². The van der Waals surface area contributed by atoms with Crippen molar-refractivity contribution >= 4 is 50.5 Å². The molecule has 1 N–H and O–H groups in total. The summed E-state index contributed by atoms with van der Waals surface area (Å²) in [4.78, 5) is 33.3. The molecule has 0 fully saturated rings. The van der Waals surface area contributed by atoms with Crippen molar-refractivity contribution in [1.82, 2.24) is 9.78 Å². The van der Waals surface area contributed by atoms with Gasteiger partial charge < -0.3 is 10.1 Å². The molecule has 0 saturated heterocycles. The van der Waals surface area contributed by atoms with E-state index in [9.17, 15) is 25.0 Å². The van der Waals surface area contributed by atoms with Crippen LogP contribution in [0.1, 0.15) is 16.1 Å². The molecular formula is C18H13BrClN5O6. The third-order valence-electron chi connectivity index (χ3n) is 4.12. The Labute approximate surface area is 188 Å². The summed E-state index contributed by atoms with van der Waals surface area (Å²) in [5.74, 6) is -0.177. The number of nitrogens with one attached hydrogen (secondary N) is 1. The minimum absolute atomic E-state index is 0.00497. The van der Waals surface area contributed by atoms with Crippen LogP contribution in [0.5, 0.6) is 5.75 Å². The maximum atomic E-state index is 12.5. The van der Waals surface area contributed by atoms with Crippen molar-refractivity contribution in [3.05, 3.63) is 83.6 Å². The fourth-order valence-corrected chi connectivity index (χ4v) is 3.41. The lowest BCUT2D eigenvalue weighted by atomic mass is 10.1. The normalized spacial score (nSPS) is 10.5. The van der Waals surface area contributed by atoms with Crippen molar-refractivity contribution in [1.29, 1.82) is 0 Å². The Morgan fingerprint density at radius 2 is 1.84 bits per heavy atom. The van der Waals surface area contributed by atoms with Gasteiger partial charge in [0.15, 0.2) is 12.4 Å². The fraction of sp³-hybridized carbons (Fsp3) is 0.111. The number of nitro benzene ring substituents is 2. The summed E-state index contributed by atoms with van der Waals surface area (Å²) in [6.45, 7) is 1.26. The summed E-state index contributed by atoms with van der Waals surface area (Å²) >= 11 is 9.20. The molecule has 0 aliphatic rings. The van der Waals surface area contributed by atoms with Crippen molar-refractivity contribution in [3.63, 3.8) is 0 Å². The highest BCUT2D eigenvalue weighted by Crippen LogP contribution is 2.32. The Morgan fingerprint density at radius 3 is 2.42 bits per heavy atom. The Morgan fingerprint density at radius 1 is 1.19 bits per heavy atom. The molecule has 3 rings (SSSR count). The van der Waals surface area contributed by atoms with Crippen molar-refractivity contribution < 1.29 is 19.4 Å². The third-order valence-corrected chi connectivity index (χ3v) is 4.98. The maximum absolute atomic E-state index is 12.5. The molecule has 0 bridgehead atoms. The van der Waals surface area contributed by atoms with E-state index in [0.29, 0.717) is 15.2 Å². The van der Waals surface area contributed by atoms with Crippen molar-refractivity contribution in [2.45, 2.75) is 13.7 Å². The molecule has 1 amide bonds. The predicted octanol–water partition coefficient (Wildman–Crippen LogP) is 4.71. The van der Waals surface area contributed by atoms with Gasteiger partial charge in [-0.3, -0.25) is 25.0 Å². The van der Waals surface area contributed by atoms with Crippen molar-refractivity contribution in [2.75, 3.05) is 5.32 Å². The molecule has 0 radical (unpaired) electrons. The lowest BCUT2D eigenvalue weighted by Gasteiger charge is -2.08. The van der Waals surface area contributed by atoms with Gasteiger partial charge in [-0.15, -0.1) is 0 Å². The third kappa shape index (κ3) is 5.16.